The lowest BCUT2D eigenvalue weighted by molar-refractivity contribution is -0.125. The summed E-state index contributed by atoms with van der Waals surface area (Å²) < 4.78 is 5.43. The third-order valence-corrected chi connectivity index (χ3v) is 3.68. The molecule has 132 valence electrons. The number of nitriles is 1. The lowest BCUT2D eigenvalue weighted by Gasteiger charge is -2.26. The van der Waals surface area contributed by atoms with Gasteiger partial charge in [0.15, 0.2) is 0 Å². The summed E-state index contributed by atoms with van der Waals surface area (Å²) in [6.07, 6.45) is 0. The van der Waals surface area contributed by atoms with E-state index >= 15 is 0 Å². The number of hydrogen-bond donors (Lipinski definition) is 2. The molecule has 7 nitrogen and oxygen atoms in total. The van der Waals surface area contributed by atoms with Crippen molar-refractivity contribution in [3.63, 3.8) is 0 Å². The summed E-state index contributed by atoms with van der Waals surface area (Å²) in [6, 6.07) is 1.47. The predicted molar refractivity (Wildman–Crippen MR) is 91.5 cm³/mol. The van der Waals surface area contributed by atoms with Gasteiger partial charge in [-0.1, -0.05) is 0 Å². The van der Waals surface area contributed by atoms with Gasteiger partial charge in [0.2, 0.25) is 17.7 Å². The first kappa shape index (κ1) is 19.7. The molecule has 0 aliphatic carbocycles. The second-order valence-electron chi connectivity index (χ2n) is 6.98. The Hall–Kier alpha value is -2.33. The summed E-state index contributed by atoms with van der Waals surface area (Å²) in [4.78, 5) is 25.9. The van der Waals surface area contributed by atoms with Gasteiger partial charge in [0.25, 0.3) is 0 Å². The third-order valence-electron chi connectivity index (χ3n) is 3.68. The molecular formula is C17H26N4O3. The number of nitrogens with one attached hydrogen (secondary N) is 2. The fourth-order valence-corrected chi connectivity index (χ4v) is 2.09. The van der Waals surface area contributed by atoms with E-state index in [1.807, 2.05) is 26.8 Å². The predicted octanol–water partition coefficient (Wildman–Crippen LogP) is 1.94. The van der Waals surface area contributed by atoms with Gasteiger partial charge >= 0.3 is 0 Å². The van der Waals surface area contributed by atoms with E-state index in [1.54, 1.807) is 32.7 Å². The van der Waals surface area contributed by atoms with E-state index in [2.05, 4.69) is 10.6 Å². The minimum absolute atomic E-state index is 0.0905. The highest BCUT2D eigenvalue weighted by Crippen LogP contribution is 2.25. The van der Waals surface area contributed by atoms with Crippen LogP contribution in [-0.2, 0) is 9.59 Å². The number of likely N-dealkylation sites (N-methyl/N-ethyl adjacent to an activating group) is 1. The molecule has 0 aromatic carbocycles. The van der Waals surface area contributed by atoms with Gasteiger partial charge in [-0.25, -0.2) is 0 Å². The van der Waals surface area contributed by atoms with Crippen molar-refractivity contribution in [1.82, 2.24) is 10.2 Å². The highest BCUT2D eigenvalue weighted by Gasteiger charge is 2.24. The molecule has 0 saturated heterocycles. The summed E-state index contributed by atoms with van der Waals surface area (Å²) in [6.45, 7) is 11.0. The number of nitrogens with zero attached hydrogens (tertiary/aromatic N) is 2. The number of amides is 2. The van der Waals surface area contributed by atoms with Gasteiger partial charge < -0.3 is 9.73 Å². The molecule has 1 rings (SSSR count). The van der Waals surface area contributed by atoms with Crippen LogP contribution < -0.4 is 10.6 Å². The lowest BCUT2D eigenvalue weighted by atomic mass is 10.1. The summed E-state index contributed by atoms with van der Waals surface area (Å²) in [5, 5.41) is 14.6. The van der Waals surface area contributed by atoms with Crippen molar-refractivity contribution in [2.75, 3.05) is 18.9 Å². The molecule has 2 N–H and O–H groups in total. The smallest absolute Gasteiger partial charge is 0.243 e. The first-order chi connectivity index (χ1) is 11.0. The van der Waals surface area contributed by atoms with Crippen molar-refractivity contribution in [2.24, 2.45) is 0 Å². The van der Waals surface area contributed by atoms with E-state index in [4.69, 9.17) is 4.42 Å². The zero-order valence-corrected chi connectivity index (χ0v) is 15.4. The molecule has 0 saturated carbocycles. The second-order valence-corrected chi connectivity index (χ2v) is 6.98. The number of carbonyl (C=O) groups excluding carboxylic acids is 2. The topological polar surface area (TPSA) is 98.4 Å². The van der Waals surface area contributed by atoms with Crippen molar-refractivity contribution in [3.8, 4) is 6.07 Å². The fourth-order valence-electron chi connectivity index (χ4n) is 2.09. The largest absolute Gasteiger partial charge is 0.444 e. The third kappa shape index (κ3) is 5.10. The second kappa shape index (κ2) is 7.49. The van der Waals surface area contributed by atoms with Crippen LogP contribution in [-0.4, -0.2) is 41.9 Å². The van der Waals surface area contributed by atoms with Crippen LogP contribution in [0.4, 0.5) is 5.88 Å². The summed E-state index contributed by atoms with van der Waals surface area (Å²) >= 11 is 0. The summed E-state index contributed by atoms with van der Waals surface area (Å²) in [5.41, 5.74) is 0.702. The van der Waals surface area contributed by atoms with Crippen LogP contribution in [0.1, 0.15) is 44.6 Å². The number of aryl methyl sites for hydroxylation is 1. The molecule has 1 aromatic rings. The Bertz CT molecular complexity index is 665. The van der Waals surface area contributed by atoms with Crippen LogP contribution in [0.3, 0.4) is 0 Å². The first-order valence-electron chi connectivity index (χ1n) is 7.78. The molecule has 0 aliphatic rings. The van der Waals surface area contributed by atoms with E-state index in [-0.39, 0.29) is 29.8 Å². The van der Waals surface area contributed by atoms with Crippen LogP contribution in [0.5, 0.6) is 0 Å². The highest BCUT2D eigenvalue weighted by atomic mass is 16.4. The Kier molecular flexibility index (Phi) is 6.16. The van der Waals surface area contributed by atoms with Gasteiger partial charge in [-0.3, -0.25) is 19.8 Å². The average molecular weight is 334 g/mol. The van der Waals surface area contributed by atoms with Crippen LogP contribution in [0.25, 0.3) is 0 Å². The van der Waals surface area contributed by atoms with E-state index in [1.165, 1.54) is 0 Å². The molecule has 1 heterocycles. The molecule has 24 heavy (non-hydrogen) atoms. The van der Waals surface area contributed by atoms with Gasteiger partial charge in [0, 0.05) is 11.1 Å². The maximum absolute atomic E-state index is 12.4. The van der Waals surface area contributed by atoms with Gasteiger partial charge in [-0.15, -0.1) is 0 Å². The molecular weight excluding hydrogens is 308 g/mol. The monoisotopic (exact) mass is 334 g/mol. The first-order valence-corrected chi connectivity index (χ1v) is 7.78. The maximum Gasteiger partial charge on any atom is 0.243 e. The van der Waals surface area contributed by atoms with E-state index < -0.39 is 6.04 Å². The molecule has 1 aromatic heterocycles. The molecule has 0 radical (unpaired) electrons. The van der Waals surface area contributed by atoms with Gasteiger partial charge in [-0.05, 0) is 48.6 Å². The molecule has 2 amide bonds. The summed E-state index contributed by atoms with van der Waals surface area (Å²) in [7, 11) is 1.69. The normalized spacial score (nSPS) is 12.6. The van der Waals surface area contributed by atoms with Gasteiger partial charge in [-0.2, -0.15) is 5.26 Å². The number of carbonyl (C=O) groups is 2. The number of rotatable bonds is 5. The van der Waals surface area contributed by atoms with Crippen molar-refractivity contribution in [3.05, 3.63) is 16.9 Å². The summed E-state index contributed by atoms with van der Waals surface area (Å²) in [5.74, 6) is 0.239. The molecule has 1 atom stereocenters. The fraction of sp³-hybridized carbons (Fsp3) is 0.588. The van der Waals surface area contributed by atoms with Crippen molar-refractivity contribution in [1.29, 1.82) is 5.26 Å². The van der Waals surface area contributed by atoms with Crippen molar-refractivity contribution < 1.29 is 14.0 Å². The molecule has 0 fully saturated rings. The van der Waals surface area contributed by atoms with Crippen LogP contribution in [0, 0.1) is 25.2 Å². The molecule has 0 spiro atoms. The molecule has 0 aliphatic heterocycles. The van der Waals surface area contributed by atoms with E-state index in [0.29, 0.717) is 16.9 Å². The number of anilines is 1. The minimum atomic E-state index is -0.562. The Balaban J connectivity index is 2.73. The standard InChI is InChI=1S/C17H26N4O3/c1-10-12(3)24-16(13(10)8-18)19-15(23)11(2)21(7)9-14(22)20-17(4,5)6/h11H,9H2,1-7H3,(H,19,23)(H,20,22). The average Bonchev–Trinajstić information content (AvgIpc) is 2.69. The highest BCUT2D eigenvalue weighted by molar-refractivity contribution is 5.95. The van der Waals surface area contributed by atoms with Crippen LogP contribution >= 0.6 is 0 Å². The lowest BCUT2D eigenvalue weighted by Crippen LogP contribution is -2.49. The number of hydrogen-bond acceptors (Lipinski definition) is 5. The molecule has 1 unspecified atom stereocenters. The van der Waals surface area contributed by atoms with Gasteiger partial charge in [0.1, 0.15) is 17.4 Å². The van der Waals surface area contributed by atoms with Crippen LogP contribution in [0.15, 0.2) is 4.42 Å². The quantitative estimate of drug-likeness (QED) is 0.857. The zero-order valence-electron chi connectivity index (χ0n) is 15.4. The Morgan fingerprint density at radius 3 is 2.42 bits per heavy atom. The van der Waals surface area contributed by atoms with Gasteiger partial charge in [0.05, 0.1) is 12.6 Å². The van der Waals surface area contributed by atoms with Crippen molar-refractivity contribution >= 4 is 17.7 Å². The Morgan fingerprint density at radius 1 is 1.33 bits per heavy atom. The van der Waals surface area contributed by atoms with Crippen molar-refractivity contribution in [2.45, 2.75) is 53.1 Å². The SMILES string of the molecule is Cc1oc(NC(=O)C(C)N(C)CC(=O)NC(C)(C)C)c(C#N)c1C. The Labute approximate surface area is 143 Å². The maximum atomic E-state index is 12.4. The van der Waals surface area contributed by atoms with Crippen LogP contribution in [0.2, 0.25) is 0 Å². The minimum Gasteiger partial charge on any atom is -0.444 e. The van der Waals surface area contributed by atoms with E-state index in [0.717, 1.165) is 0 Å². The Morgan fingerprint density at radius 2 is 1.92 bits per heavy atom. The van der Waals surface area contributed by atoms with E-state index in [9.17, 15) is 14.9 Å². The molecule has 0 bridgehead atoms. The zero-order chi connectivity index (χ0) is 18.7. The number of furan rings is 1. The molecule has 7 heteroatoms.